The molecule has 2 aliphatic carbocycles. The first-order chi connectivity index (χ1) is 16.2. The van der Waals surface area contributed by atoms with Gasteiger partial charge in [0, 0.05) is 37.1 Å². The van der Waals surface area contributed by atoms with Crippen LogP contribution >= 0.6 is 11.6 Å². The molecule has 8 nitrogen and oxygen atoms in total. The molecule has 10 heteroatoms. The Bertz CT molecular complexity index is 805. The van der Waals surface area contributed by atoms with E-state index in [0.29, 0.717) is 37.9 Å². The number of alkyl carbamates (subject to hydrolysis) is 1. The maximum absolute atomic E-state index is 15.9. The van der Waals surface area contributed by atoms with E-state index < -0.39 is 29.8 Å². The second-order valence-electron chi connectivity index (χ2n) is 10.7. The van der Waals surface area contributed by atoms with E-state index in [4.69, 9.17) is 11.6 Å². The minimum atomic E-state index is -1.22. The van der Waals surface area contributed by atoms with Gasteiger partial charge in [-0.1, -0.05) is 13.8 Å². The third-order valence-corrected chi connectivity index (χ3v) is 8.90. The smallest absolute Gasteiger partial charge is 0.407 e. The summed E-state index contributed by atoms with van der Waals surface area (Å²) < 4.78 is 20.6. The molecule has 34 heavy (non-hydrogen) atoms. The highest BCUT2D eigenvalue weighted by Gasteiger charge is 2.52. The first-order valence-electron chi connectivity index (χ1n) is 12.7. The average molecular weight is 500 g/mol. The van der Waals surface area contributed by atoms with Crippen molar-refractivity contribution in [3.8, 4) is 0 Å². The summed E-state index contributed by atoms with van der Waals surface area (Å²) in [5, 5.41) is 5.73. The molecule has 4 unspecified atom stereocenters. The van der Waals surface area contributed by atoms with Crippen molar-refractivity contribution in [2.75, 3.05) is 33.3 Å². The van der Waals surface area contributed by atoms with Crippen LogP contribution in [0.3, 0.4) is 0 Å². The Labute approximate surface area is 207 Å². The van der Waals surface area contributed by atoms with Gasteiger partial charge in [0.1, 0.15) is 12.2 Å². The van der Waals surface area contributed by atoms with Crippen LogP contribution in [0.4, 0.5) is 9.18 Å². The van der Waals surface area contributed by atoms with Gasteiger partial charge < -0.3 is 20.3 Å². The molecule has 6 atom stereocenters. The van der Waals surface area contributed by atoms with Gasteiger partial charge in [-0.2, -0.15) is 0 Å². The van der Waals surface area contributed by atoms with Gasteiger partial charge in [0.15, 0.2) is 5.84 Å². The van der Waals surface area contributed by atoms with E-state index >= 15 is 4.39 Å². The molecule has 2 N–H and O–H groups in total. The van der Waals surface area contributed by atoms with Gasteiger partial charge in [0.2, 0.25) is 5.78 Å². The topological polar surface area (TPSA) is 86.3 Å². The molecule has 1 amide bonds. The number of ether oxygens (including phenoxy) is 1. The number of piperazine rings is 1. The fourth-order valence-electron chi connectivity index (χ4n) is 6.24. The molecule has 192 valence electrons. The van der Waals surface area contributed by atoms with Crippen LogP contribution in [0.25, 0.3) is 0 Å². The summed E-state index contributed by atoms with van der Waals surface area (Å²) in [6.07, 6.45) is 1.57. The van der Waals surface area contributed by atoms with E-state index in [1.165, 1.54) is 7.11 Å². The van der Waals surface area contributed by atoms with Crippen molar-refractivity contribution in [1.82, 2.24) is 20.4 Å². The number of aliphatic imine (C=N–C) groups is 1. The van der Waals surface area contributed by atoms with Gasteiger partial charge in [-0.3, -0.25) is 14.7 Å². The first-order valence-corrected chi connectivity index (χ1v) is 13.1. The molecule has 0 aromatic heterocycles. The van der Waals surface area contributed by atoms with E-state index in [-0.39, 0.29) is 29.3 Å². The number of hydrogen-bond acceptors (Lipinski definition) is 7. The standard InChI is InChI=1S/C24H39ClFN5O3/c1-5-30-10-11-31(14(2)13-30)20-16(25)12-17-19(18(20)26)29-22(28-17)21(32)24(3)8-6-15(7-9-24)27-23(33)34-4/h14-20H,5-13H2,1-4H3,(H,27,33)(H,28,29)/t14-,15?,16?,17?,18?,19+,20?,24?/m0/s1. The molecule has 2 saturated carbocycles. The quantitative estimate of drug-likeness (QED) is 0.565. The molecule has 0 aromatic rings. The third kappa shape index (κ3) is 4.93. The van der Waals surface area contributed by atoms with Crippen LogP contribution in [0, 0.1) is 5.41 Å². The lowest BCUT2D eigenvalue weighted by molar-refractivity contribution is -0.123. The molecule has 0 bridgehead atoms. The number of carbonyl (C=O) groups excluding carboxylic acids is 2. The minimum Gasteiger partial charge on any atom is -0.453 e. The maximum atomic E-state index is 15.9. The van der Waals surface area contributed by atoms with Gasteiger partial charge in [-0.25, -0.2) is 9.18 Å². The number of nitrogens with zero attached hydrogens (tertiary/aromatic N) is 3. The minimum absolute atomic E-state index is 0.00228. The second kappa shape index (κ2) is 10.3. The average Bonchev–Trinajstić information content (AvgIpc) is 3.25. The lowest BCUT2D eigenvalue weighted by Gasteiger charge is -2.49. The summed E-state index contributed by atoms with van der Waals surface area (Å²) in [5.74, 6) is 0.242. The molecule has 0 aromatic carbocycles. The molecule has 2 heterocycles. The van der Waals surface area contributed by atoms with Gasteiger partial charge in [-0.05, 0) is 45.6 Å². The summed E-state index contributed by atoms with van der Waals surface area (Å²) in [4.78, 5) is 34.2. The van der Waals surface area contributed by atoms with Gasteiger partial charge in [0.25, 0.3) is 0 Å². The van der Waals surface area contributed by atoms with Crippen LogP contribution in [0.1, 0.15) is 52.9 Å². The van der Waals surface area contributed by atoms with Crippen molar-refractivity contribution in [2.45, 2.75) is 94.6 Å². The molecule has 2 aliphatic heterocycles. The summed E-state index contributed by atoms with van der Waals surface area (Å²) in [6, 6.07) is -1.01. The number of halogens is 2. The number of ketones is 1. The highest BCUT2D eigenvalue weighted by atomic mass is 35.5. The fraction of sp³-hybridized carbons (Fsp3) is 0.875. The number of Topliss-reactive ketones (excluding diaryl/α,β-unsaturated/α-hetero) is 1. The van der Waals surface area contributed by atoms with E-state index in [0.717, 1.165) is 26.2 Å². The van der Waals surface area contributed by atoms with Gasteiger partial charge in [-0.15, -0.1) is 11.6 Å². The number of likely N-dealkylation sites (N-methyl/N-ethyl adjacent to an activating group) is 1. The molecule has 0 spiro atoms. The van der Waals surface area contributed by atoms with Crippen LogP contribution in [0.2, 0.25) is 0 Å². The monoisotopic (exact) mass is 499 g/mol. The molecule has 4 aliphatic rings. The Balaban J connectivity index is 1.42. The highest BCUT2D eigenvalue weighted by Crippen LogP contribution is 2.40. The lowest BCUT2D eigenvalue weighted by atomic mass is 9.71. The fourth-order valence-corrected chi connectivity index (χ4v) is 6.72. The molecular formula is C24H39ClFN5O3. The van der Waals surface area contributed by atoms with Crippen LogP contribution in [0.5, 0.6) is 0 Å². The van der Waals surface area contributed by atoms with Crippen molar-refractivity contribution >= 4 is 29.3 Å². The van der Waals surface area contributed by atoms with E-state index in [2.05, 4.69) is 44.0 Å². The lowest BCUT2D eigenvalue weighted by Crippen LogP contribution is -2.65. The van der Waals surface area contributed by atoms with Gasteiger partial charge in [0.05, 0.1) is 24.6 Å². The predicted octanol–water partition coefficient (Wildman–Crippen LogP) is 2.34. The normalized spacial score (nSPS) is 41.2. The van der Waals surface area contributed by atoms with Crippen LogP contribution in [-0.2, 0) is 9.53 Å². The molecular weight excluding hydrogens is 461 g/mol. The third-order valence-electron chi connectivity index (χ3n) is 8.47. The number of amidine groups is 1. The maximum Gasteiger partial charge on any atom is 0.407 e. The Kier molecular flexibility index (Phi) is 7.74. The van der Waals surface area contributed by atoms with Crippen molar-refractivity contribution in [3.63, 3.8) is 0 Å². The number of hydrogen-bond donors (Lipinski definition) is 2. The zero-order valence-electron chi connectivity index (χ0n) is 20.7. The number of rotatable bonds is 5. The largest absolute Gasteiger partial charge is 0.453 e. The van der Waals surface area contributed by atoms with E-state index in [1.54, 1.807) is 0 Å². The zero-order chi connectivity index (χ0) is 24.6. The Morgan fingerprint density at radius 3 is 2.65 bits per heavy atom. The van der Waals surface area contributed by atoms with Crippen molar-refractivity contribution in [1.29, 1.82) is 0 Å². The first kappa shape index (κ1) is 25.6. The Hall–Kier alpha value is -1.45. The van der Waals surface area contributed by atoms with E-state index in [9.17, 15) is 9.59 Å². The van der Waals surface area contributed by atoms with Crippen LogP contribution < -0.4 is 10.6 Å². The summed E-state index contributed by atoms with van der Waals surface area (Å²) in [5.41, 5.74) is -0.579. The van der Waals surface area contributed by atoms with Crippen molar-refractivity contribution < 1.29 is 18.7 Å². The Morgan fingerprint density at radius 1 is 1.32 bits per heavy atom. The summed E-state index contributed by atoms with van der Waals surface area (Å²) in [6.45, 7) is 9.85. The SMILES string of the molecule is CCN1CCN(C2C(Cl)CC3NC(C(=O)C4(C)CCC(NC(=O)OC)CC4)=N[C@H]3C2F)[C@@H](C)C1. The zero-order valence-corrected chi connectivity index (χ0v) is 21.5. The summed E-state index contributed by atoms with van der Waals surface area (Å²) in [7, 11) is 1.34. The molecule has 3 fully saturated rings. The van der Waals surface area contributed by atoms with Crippen LogP contribution in [0.15, 0.2) is 4.99 Å². The second-order valence-corrected chi connectivity index (χ2v) is 11.2. The van der Waals surface area contributed by atoms with E-state index in [1.807, 2.05) is 6.92 Å². The number of fused-ring (bicyclic) bond motifs is 1. The van der Waals surface area contributed by atoms with Gasteiger partial charge >= 0.3 is 6.09 Å². The number of nitrogens with one attached hydrogen (secondary N) is 2. The Morgan fingerprint density at radius 2 is 2.03 bits per heavy atom. The molecule has 1 saturated heterocycles. The number of carbonyl (C=O) groups is 2. The molecule has 0 radical (unpaired) electrons. The number of alkyl halides is 2. The summed E-state index contributed by atoms with van der Waals surface area (Å²) >= 11 is 6.77. The number of methoxy groups -OCH3 is 1. The van der Waals surface area contributed by atoms with Crippen molar-refractivity contribution in [3.05, 3.63) is 0 Å². The predicted molar refractivity (Wildman–Crippen MR) is 130 cm³/mol. The number of amides is 1. The van der Waals surface area contributed by atoms with Crippen molar-refractivity contribution in [2.24, 2.45) is 10.4 Å². The molecule has 4 rings (SSSR count). The van der Waals surface area contributed by atoms with Crippen LogP contribution in [-0.4, -0.2) is 103 Å². The highest BCUT2D eigenvalue weighted by molar-refractivity contribution is 6.41.